The van der Waals surface area contributed by atoms with E-state index in [0.29, 0.717) is 5.92 Å². The van der Waals surface area contributed by atoms with Crippen molar-refractivity contribution in [1.82, 2.24) is 9.78 Å². The van der Waals surface area contributed by atoms with Gasteiger partial charge >= 0.3 is 0 Å². The van der Waals surface area contributed by atoms with Crippen molar-refractivity contribution in [3.8, 4) is 0 Å². The second-order valence-electron chi connectivity index (χ2n) is 3.18. The van der Waals surface area contributed by atoms with Crippen molar-refractivity contribution >= 4 is 0 Å². The average molecular weight is 172 g/mol. The van der Waals surface area contributed by atoms with Crippen LogP contribution >= 0.6 is 0 Å². The third-order valence-corrected chi connectivity index (χ3v) is 2.21. The van der Waals surface area contributed by atoms with Crippen molar-refractivity contribution in [3.63, 3.8) is 0 Å². The van der Waals surface area contributed by atoms with Gasteiger partial charge in [-0.3, -0.25) is 4.68 Å². The molecular weight excluding hydrogens is 162 g/mol. The quantitative estimate of drug-likeness (QED) is 0.668. The fraction of sp³-hybridized carbons (Fsp3) is 0.625. The molecule has 1 aliphatic carbocycles. The van der Waals surface area contributed by atoms with Crippen molar-refractivity contribution < 1.29 is 8.78 Å². The van der Waals surface area contributed by atoms with Crippen molar-refractivity contribution in [2.24, 2.45) is 7.05 Å². The van der Waals surface area contributed by atoms with Crippen LogP contribution in [0, 0.1) is 0 Å². The van der Waals surface area contributed by atoms with E-state index < -0.39 is 6.43 Å². The van der Waals surface area contributed by atoms with Gasteiger partial charge in [-0.15, -0.1) is 0 Å². The van der Waals surface area contributed by atoms with Gasteiger partial charge in [-0.2, -0.15) is 5.10 Å². The van der Waals surface area contributed by atoms with Gasteiger partial charge in [0.15, 0.2) is 0 Å². The molecule has 0 aromatic carbocycles. The fourth-order valence-corrected chi connectivity index (χ4v) is 1.49. The average Bonchev–Trinajstić information content (AvgIpc) is 2.75. The smallest absolute Gasteiger partial charge is 0.267 e. The van der Waals surface area contributed by atoms with Gasteiger partial charge in [0, 0.05) is 13.0 Å². The molecule has 0 bridgehead atoms. The predicted octanol–water partition coefficient (Wildman–Crippen LogP) is 2.24. The molecule has 12 heavy (non-hydrogen) atoms. The Morgan fingerprint density at radius 3 is 2.75 bits per heavy atom. The minimum absolute atomic E-state index is 0.111. The summed E-state index contributed by atoms with van der Waals surface area (Å²) in [7, 11) is 1.72. The van der Waals surface area contributed by atoms with Gasteiger partial charge in [-0.1, -0.05) is 0 Å². The molecule has 0 radical (unpaired) electrons. The first-order chi connectivity index (χ1) is 5.70. The van der Waals surface area contributed by atoms with Gasteiger partial charge in [0.05, 0.1) is 17.5 Å². The maximum absolute atomic E-state index is 12.4. The van der Waals surface area contributed by atoms with Crippen LogP contribution in [0.2, 0.25) is 0 Å². The molecular formula is C8H10F2N2. The molecule has 0 aliphatic heterocycles. The Hall–Kier alpha value is -0.930. The predicted molar refractivity (Wildman–Crippen MR) is 40.1 cm³/mol. The molecule has 0 saturated heterocycles. The lowest BCUT2D eigenvalue weighted by Crippen LogP contribution is -1.98. The van der Waals surface area contributed by atoms with Gasteiger partial charge in [-0.25, -0.2) is 8.78 Å². The van der Waals surface area contributed by atoms with Crippen LogP contribution in [0.5, 0.6) is 0 Å². The number of rotatable bonds is 2. The standard InChI is InChI=1S/C8H10F2N2/c1-12-7(5-2-3-5)6(4-11-12)8(9)10/h4-5,8H,2-3H2,1H3. The minimum Gasteiger partial charge on any atom is -0.272 e. The zero-order chi connectivity index (χ0) is 8.72. The highest BCUT2D eigenvalue weighted by Gasteiger charge is 2.31. The van der Waals surface area contributed by atoms with E-state index in [-0.39, 0.29) is 5.56 Å². The second kappa shape index (κ2) is 2.54. The van der Waals surface area contributed by atoms with Crippen molar-refractivity contribution in [2.45, 2.75) is 25.2 Å². The lowest BCUT2D eigenvalue weighted by atomic mass is 10.2. The highest BCUT2D eigenvalue weighted by Crippen LogP contribution is 2.43. The van der Waals surface area contributed by atoms with Gasteiger partial charge in [-0.05, 0) is 12.8 Å². The van der Waals surface area contributed by atoms with Crippen LogP contribution in [0.3, 0.4) is 0 Å². The number of nitrogens with zero attached hydrogens (tertiary/aromatic N) is 2. The minimum atomic E-state index is -2.38. The highest BCUT2D eigenvalue weighted by atomic mass is 19.3. The number of aryl methyl sites for hydroxylation is 1. The Balaban J connectivity index is 2.39. The summed E-state index contributed by atoms with van der Waals surface area (Å²) in [5, 5.41) is 3.84. The Bertz CT molecular complexity index is 289. The molecule has 0 spiro atoms. The van der Waals surface area contributed by atoms with Crippen LogP contribution in [0.25, 0.3) is 0 Å². The van der Waals surface area contributed by atoms with Crippen LogP contribution in [0.15, 0.2) is 6.20 Å². The summed E-state index contributed by atoms with van der Waals surface area (Å²) < 4.78 is 26.3. The summed E-state index contributed by atoms with van der Waals surface area (Å²) in [5.41, 5.74) is 0.838. The summed E-state index contributed by atoms with van der Waals surface area (Å²) >= 11 is 0. The topological polar surface area (TPSA) is 17.8 Å². The maximum atomic E-state index is 12.4. The van der Waals surface area contributed by atoms with E-state index in [1.165, 1.54) is 6.20 Å². The van der Waals surface area contributed by atoms with E-state index in [1.807, 2.05) is 0 Å². The molecule has 2 rings (SSSR count). The van der Waals surface area contributed by atoms with Crippen LogP contribution < -0.4 is 0 Å². The Morgan fingerprint density at radius 1 is 1.58 bits per heavy atom. The van der Waals surface area contributed by atoms with Gasteiger partial charge in [0.1, 0.15) is 0 Å². The Labute approximate surface area is 69.2 Å². The monoisotopic (exact) mass is 172 g/mol. The molecule has 1 saturated carbocycles. The molecule has 66 valence electrons. The first-order valence-corrected chi connectivity index (χ1v) is 4.00. The van der Waals surface area contributed by atoms with Crippen molar-refractivity contribution in [1.29, 1.82) is 0 Å². The van der Waals surface area contributed by atoms with Crippen LogP contribution in [0.1, 0.15) is 36.4 Å². The summed E-state index contributed by atoms with van der Waals surface area (Å²) in [6.45, 7) is 0. The third kappa shape index (κ3) is 1.11. The molecule has 0 N–H and O–H groups in total. The number of alkyl halides is 2. The summed E-state index contributed by atoms with van der Waals surface area (Å²) in [6.07, 6.45) is 0.950. The molecule has 1 aromatic heterocycles. The molecule has 1 fully saturated rings. The molecule has 0 atom stereocenters. The zero-order valence-electron chi connectivity index (χ0n) is 6.80. The van der Waals surface area contributed by atoms with Crippen molar-refractivity contribution in [2.75, 3.05) is 0 Å². The SMILES string of the molecule is Cn1ncc(C(F)F)c1C1CC1. The van der Waals surface area contributed by atoms with Crippen LogP contribution in [0.4, 0.5) is 8.78 Å². The number of aromatic nitrogens is 2. The third-order valence-electron chi connectivity index (χ3n) is 2.21. The largest absolute Gasteiger partial charge is 0.272 e. The van der Waals surface area contributed by atoms with E-state index >= 15 is 0 Å². The lowest BCUT2D eigenvalue weighted by molar-refractivity contribution is 0.150. The summed E-state index contributed by atoms with van der Waals surface area (Å²) in [4.78, 5) is 0. The zero-order valence-corrected chi connectivity index (χ0v) is 6.80. The Kier molecular flexibility index (Phi) is 1.63. The molecule has 1 aliphatic rings. The van der Waals surface area contributed by atoms with Gasteiger partial charge in [0.2, 0.25) is 0 Å². The molecule has 0 unspecified atom stereocenters. The maximum Gasteiger partial charge on any atom is 0.267 e. The number of halogens is 2. The van der Waals surface area contributed by atoms with E-state index in [9.17, 15) is 8.78 Å². The molecule has 0 amide bonds. The molecule has 1 heterocycles. The van der Waals surface area contributed by atoms with Crippen molar-refractivity contribution in [3.05, 3.63) is 17.5 Å². The summed E-state index contributed by atoms with van der Waals surface area (Å²) in [6, 6.07) is 0. The first-order valence-electron chi connectivity index (χ1n) is 4.00. The number of hydrogen-bond acceptors (Lipinski definition) is 1. The van der Waals surface area contributed by atoms with E-state index in [1.54, 1.807) is 11.7 Å². The number of hydrogen-bond donors (Lipinski definition) is 0. The second-order valence-corrected chi connectivity index (χ2v) is 3.18. The van der Waals surface area contributed by atoms with Crippen LogP contribution in [-0.4, -0.2) is 9.78 Å². The lowest BCUT2D eigenvalue weighted by Gasteiger charge is -2.02. The van der Waals surface area contributed by atoms with E-state index in [4.69, 9.17) is 0 Å². The van der Waals surface area contributed by atoms with Gasteiger partial charge in [0.25, 0.3) is 6.43 Å². The summed E-state index contributed by atoms with van der Waals surface area (Å²) in [5.74, 6) is 0.335. The first kappa shape index (κ1) is 7.71. The van der Waals surface area contributed by atoms with Crippen LogP contribution in [-0.2, 0) is 7.05 Å². The normalized spacial score (nSPS) is 17.3. The van der Waals surface area contributed by atoms with E-state index in [2.05, 4.69) is 5.10 Å². The molecule has 2 nitrogen and oxygen atoms in total. The highest BCUT2D eigenvalue weighted by molar-refractivity contribution is 5.26. The molecule has 1 aromatic rings. The fourth-order valence-electron chi connectivity index (χ4n) is 1.49. The molecule has 4 heteroatoms. The Morgan fingerprint density at radius 2 is 2.25 bits per heavy atom. The van der Waals surface area contributed by atoms with Gasteiger partial charge < -0.3 is 0 Å². The van der Waals surface area contributed by atoms with E-state index in [0.717, 1.165) is 18.5 Å².